The summed E-state index contributed by atoms with van der Waals surface area (Å²) in [7, 11) is 0. The highest BCUT2D eigenvalue weighted by Gasteiger charge is 2.32. The first-order valence-corrected chi connectivity index (χ1v) is 9.06. The summed E-state index contributed by atoms with van der Waals surface area (Å²) in [6.07, 6.45) is -1.10. The van der Waals surface area contributed by atoms with E-state index in [1.165, 1.54) is 6.92 Å². The Bertz CT molecular complexity index is 739. The molecule has 0 saturated carbocycles. The van der Waals surface area contributed by atoms with Crippen molar-refractivity contribution in [3.8, 4) is 11.8 Å². The van der Waals surface area contributed by atoms with Gasteiger partial charge in [-0.1, -0.05) is 13.8 Å². The van der Waals surface area contributed by atoms with Gasteiger partial charge in [0.05, 0.1) is 12.7 Å². The number of benzene rings is 1. The fourth-order valence-corrected chi connectivity index (χ4v) is 2.08. The van der Waals surface area contributed by atoms with Crippen molar-refractivity contribution in [2.75, 3.05) is 13.2 Å². The van der Waals surface area contributed by atoms with Crippen molar-refractivity contribution in [3.63, 3.8) is 0 Å². The van der Waals surface area contributed by atoms with Gasteiger partial charge in [-0.05, 0) is 51.0 Å². The lowest BCUT2D eigenvalue weighted by atomic mass is 9.90. The second kappa shape index (κ2) is 10.3. The molecule has 2 atom stereocenters. The van der Waals surface area contributed by atoms with Crippen molar-refractivity contribution in [1.29, 1.82) is 5.26 Å². The third-order valence-corrected chi connectivity index (χ3v) is 4.27. The van der Waals surface area contributed by atoms with Gasteiger partial charge < -0.3 is 20.1 Å². The van der Waals surface area contributed by atoms with E-state index in [1.807, 2.05) is 13.0 Å². The van der Waals surface area contributed by atoms with Crippen molar-refractivity contribution in [3.05, 3.63) is 29.8 Å². The first kappa shape index (κ1) is 23.0. The fraction of sp³-hybridized carbons (Fsp3) is 0.500. The van der Waals surface area contributed by atoms with Gasteiger partial charge in [0.1, 0.15) is 17.8 Å². The second-order valence-corrected chi connectivity index (χ2v) is 6.73. The summed E-state index contributed by atoms with van der Waals surface area (Å²) in [6.45, 7) is 8.60. The predicted octanol–water partition coefficient (Wildman–Crippen LogP) is 1.80. The molecule has 0 radical (unpaired) electrons. The number of carbonyl (C=O) groups is 3. The monoisotopic (exact) mass is 389 g/mol. The van der Waals surface area contributed by atoms with E-state index < -0.39 is 29.4 Å². The van der Waals surface area contributed by atoms with Crippen molar-refractivity contribution in [1.82, 2.24) is 10.6 Å². The van der Waals surface area contributed by atoms with Crippen molar-refractivity contribution in [2.24, 2.45) is 5.92 Å². The Hall–Kier alpha value is -3.08. The van der Waals surface area contributed by atoms with E-state index in [0.717, 1.165) is 0 Å². The minimum absolute atomic E-state index is 0.127. The number of esters is 1. The van der Waals surface area contributed by atoms with Gasteiger partial charge in [0.2, 0.25) is 0 Å². The Labute approximate surface area is 165 Å². The molecule has 2 N–H and O–H groups in total. The Morgan fingerprint density at radius 3 is 2.29 bits per heavy atom. The Kier molecular flexibility index (Phi) is 8.45. The molecule has 1 rings (SSSR count). The normalized spacial score (nSPS) is 13.6. The summed E-state index contributed by atoms with van der Waals surface area (Å²) in [5, 5.41) is 14.3. The molecular weight excluding hydrogens is 362 g/mol. The summed E-state index contributed by atoms with van der Waals surface area (Å²) < 4.78 is 10.3. The maximum atomic E-state index is 12.2. The molecule has 0 spiro atoms. The maximum Gasteiger partial charge on any atom is 0.326 e. The zero-order valence-corrected chi connectivity index (χ0v) is 16.9. The number of hydrogen-bond acceptors (Lipinski definition) is 6. The zero-order chi connectivity index (χ0) is 21.3. The number of amides is 2. The van der Waals surface area contributed by atoms with Crippen LogP contribution in [-0.2, 0) is 14.3 Å². The minimum Gasteiger partial charge on any atom is -0.494 e. The van der Waals surface area contributed by atoms with E-state index in [2.05, 4.69) is 10.6 Å². The van der Waals surface area contributed by atoms with Crippen LogP contribution in [0.5, 0.6) is 5.75 Å². The molecule has 0 aliphatic heterocycles. The molecule has 0 unspecified atom stereocenters. The fourth-order valence-electron chi connectivity index (χ4n) is 2.08. The lowest BCUT2D eigenvalue weighted by molar-refractivity contribution is -0.154. The van der Waals surface area contributed by atoms with Crippen molar-refractivity contribution in [2.45, 2.75) is 46.3 Å². The number of nitriles is 1. The highest BCUT2D eigenvalue weighted by molar-refractivity contribution is 5.96. The Morgan fingerprint density at radius 2 is 1.79 bits per heavy atom. The smallest absolute Gasteiger partial charge is 0.326 e. The molecule has 0 aliphatic rings. The van der Waals surface area contributed by atoms with Crippen LogP contribution in [0.4, 0.5) is 0 Å². The van der Waals surface area contributed by atoms with Gasteiger partial charge in [0, 0.05) is 5.56 Å². The van der Waals surface area contributed by atoms with Gasteiger partial charge in [0.15, 0.2) is 6.10 Å². The van der Waals surface area contributed by atoms with E-state index in [4.69, 9.17) is 9.47 Å². The third kappa shape index (κ3) is 6.58. The largest absolute Gasteiger partial charge is 0.494 e. The molecule has 1 aromatic rings. The lowest BCUT2D eigenvalue weighted by Gasteiger charge is -2.28. The average Bonchev–Trinajstić information content (AvgIpc) is 2.66. The summed E-state index contributed by atoms with van der Waals surface area (Å²) in [5.74, 6) is -1.27. The van der Waals surface area contributed by atoms with Gasteiger partial charge in [-0.15, -0.1) is 0 Å². The predicted molar refractivity (Wildman–Crippen MR) is 102 cm³/mol. The SMILES string of the molecule is CCOc1ccc(C(=O)NCC(=O)O[C@H](C)C(=O)N[C@@](C)(C#N)C(C)C)cc1. The van der Waals surface area contributed by atoms with E-state index in [-0.39, 0.29) is 12.5 Å². The van der Waals surface area contributed by atoms with Gasteiger partial charge in [-0.25, -0.2) is 0 Å². The molecule has 0 aliphatic carbocycles. The number of nitrogens with zero attached hydrogens (tertiary/aromatic N) is 1. The van der Waals surface area contributed by atoms with E-state index in [1.54, 1.807) is 45.0 Å². The highest BCUT2D eigenvalue weighted by Crippen LogP contribution is 2.15. The first-order valence-electron chi connectivity index (χ1n) is 9.06. The minimum atomic E-state index is -1.10. The molecule has 28 heavy (non-hydrogen) atoms. The van der Waals surface area contributed by atoms with Crippen molar-refractivity contribution < 1.29 is 23.9 Å². The van der Waals surface area contributed by atoms with Crippen LogP contribution in [0.25, 0.3) is 0 Å². The van der Waals surface area contributed by atoms with Crippen LogP contribution in [-0.4, -0.2) is 42.6 Å². The standard InChI is InChI=1S/C20H27N3O5/c1-6-27-16-9-7-15(8-10-16)19(26)22-11-17(24)28-14(4)18(25)23-20(5,12-21)13(2)3/h7-10,13-14H,6,11H2,1-5H3,(H,22,26)(H,23,25)/t14-,20+/m1/s1. The zero-order valence-electron chi connectivity index (χ0n) is 16.9. The Morgan fingerprint density at radius 1 is 1.18 bits per heavy atom. The number of rotatable bonds is 9. The van der Waals surface area contributed by atoms with Crippen molar-refractivity contribution >= 4 is 17.8 Å². The topological polar surface area (TPSA) is 118 Å². The Balaban J connectivity index is 2.52. The van der Waals surface area contributed by atoms with Gasteiger partial charge >= 0.3 is 5.97 Å². The summed E-state index contributed by atoms with van der Waals surface area (Å²) in [5.41, 5.74) is -0.705. The van der Waals surface area contributed by atoms with Gasteiger partial charge in [-0.2, -0.15) is 5.26 Å². The number of carbonyl (C=O) groups excluding carboxylic acids is 3. The molecular formula is C20H27N3O5. The van der Waals surface area contributed by atoms with Crippen LogP contribution in [0.3, 0.4) is 0 Å². The summed E-state index contributed by atoms with van der Waals surface area (Å²) in [4.78, 5) is 36.1. The number of hydrogen-bond donors (Lipinski definition) is 2. The molecule has 0 saturated heterocycles. The van der Waals surface area contributed by atoms with Crippen LogP contribution in [0.2, 0.25) is 0 Å². The van der Waals surface area contributed by atoms with E-state index in [0.29, 0.717) is 17.9 Å². The highest BCUT2D eigenvalue weighted by atomic mass is 16.5. The molecule has 0 fully saturated rings. The van der Waals surface area contributed by atoms with Gasteiger partial charge in [0.25, 0.3) is 11.8 Å². The molecule has 8 nitrogen and oxygen atoms in total. The molecule has 152 valence electrons. The van der Waals surface area contributed by atoms with Crippen LogP contribution in [0.1, 0.15) is 45.0 Å². The quantitative estimate of drug-likeness (QED) is 0.622. The van der Waals surface area contributed by atoms with E-state index >= 15 is 0 Å². The summed E-state index contributed by atoms with van der Waals surface area (Å²) in [6, 6.07) is 8.52. The molecule has 2 amide bonds. The summed E-state index contributed by atoms with van der Waals surface area (Å²) >= 11 is 0. The van der Waals surface area contributed by atoms with Crippen LogP contribution < -0.4 is 15.4 Å². The van der Waals surface area contributed by atoms with E-state index in [9.17, 15) is 19.6 Å². The van der Waals surface area contributed by atoms with Gasteiger partial charge in [-0.3, -0.25) is 14.4 Å². The van der Waals surface area contributed by atoms with Crippen LogP contribution >= 0.6 is 0 Å². The lowest BCUT2D eigenvalue weighted by Crippen LogP contribution is -2.52. The average molecular weight is 389 g/mol. The van der Waals surface area contributed by atoms with Crippen LogP contribution in [0, 0.1) is 17.2 Å². The first-order chi connectivity index (χ1) is 13.1. The molecule has 0 heterocycles. The molecule has 1 aromatic carbocycles. The second-order valence-electron chi connectivity index (χ2n) is 6.73. The molecule has 0 aromatic heterocycles. The number of nitrogens with one attached hydrogen (secondary N) is 2. The molecule has 0 bridgehead atoms. The van der Waals surface area contributed by atoms with Crippen LogP contribution in [0.15, 0.2) is 24.3 Å². The maximum absolute atomic E-state index is 12.2. The molecule has 8 heteroatoms. The third-order valence-electron chi connectivity index (χ3n) is 4.27. The number of ether oxygens (including phenoxy) is 2.